The fraction of sp³-hybridized carbons (Fsp3) is 0.286. The zero-order chi connectivity index (χ0) is 14.3. The van der Waals surface area contributed by atoms with Crippen LogP contribution in [0.4, 0.5) is 14.6 Å². The normalized spacial score (nSPS) is 14.4. The van der Waals surface area contributed by atoms with Gasteiger partial charge in [-0.3, -0.25) is 0 Å². The largest absolute Gasteiger partial charge is 0.372 e. The number of aromatic nitrogens is 2. The Morgan fingerprint density at radius 2 is 1.80 bits per heavy atom. The van der Waals surface area contributed by atoms with E-state index in [9.17, 15) is 8.78 Å². The average Bonchev–Trinajstić information content (AvgIpc) is 3.22. The van der Waals surface area contributed by atoms with Crippen LogP contribution in [0.3, 0.4) is 0 Å². The minimum absolute atomic E-state index is 0.331. The summed E-state index contributed by atoms with van der Waals surface area (Å²) in [6, 6.07) is 3.31. The molecule has 2 aromatic rings. The third kappa shape index (κ3) is 2.52. The van der Waals surface area contributed by atoms with E-state index in [4.69, 9.17) is 0 Å². The van der Waals surface area contributed by atoms with Gasteiger partial charge in [-0.2, -0.15) is 0 Å². The van der Waals surface area contributed by atoms with E-state index in [1.165, 1.54) is 12.1 Å². The van der Waals surface area contributed by atoms with Gasteiger partial charge in [0.1, 0.15) is 17.5 Å². The van der Waals surface area contributed by atoms with Crippen molar-refractivity contribution in [1.29, 1.82) is 0 Å². The molecule has 1 aromatic heterocycles. The van der Waals surface area contributed by atoms with Crippen LogP contribution in [0.5, 0.6) is 0 Å². The minimum Gasteiger partial charge on any atom is -0.372 e. The van der Waals surface area contributed by atoms with Gasteiger partial charge in [-0.1, -0.05) is 0 Å². The van der Waals surface area contributed by atoms with Gasteiger partial charge in [-0.05, 0) is 40.9 Å². The van der Waals surface area contributed by atoms with Crippen LogP contribution in [0.2, 0.25) is 0 Å². The molecule has 1 saturated carbocycles. The summed E-state index contributed by atoms with van der Waals surface area (Å²) in [4.78, 5) is 8.78. The molecule has 0 saturated heterocycles. The molecule has 1 fully saturated rings. The fourth-order valence-corrected chi connectivity index (χ4v) is 2.77. The molecular weight excluding hydrogens is 328 g/mol. The Balaban J connectivity index is 2.15. The van der Waals surface area contributed by atoms with E-state index >= 15 is 0 Å². The maximum absolute atomic E-state index is 13.3. The monoisotopic (exact) mass is 339 g/mol. The van der Waals surface area contributed by atoms with Crippen molar-refractivity contribution in [2.75, 3.05) is 12.4 Å². The molecule has 0 bridgehead atoms. The van der Waals surface area contributed by atoms with Gasteiger partial charge in [0.2, 0.25) is 0 Å². The SMILES string of the molecule is CNc1nc(-c2cc(F)cc(F)c2)nc(C2CC2)c1Br. The zero-order valence-corrected chi connectivity index (χ0v) is 12.3. The van der Waals surface area contributed by atoms with Gasteiger partial charge in [-0.15, -0.1) is 0 Å². The van der Waals surface area contributed by atoms with Crippen LogP contribution < -0.4 is 5.32 Å². The number of anilines is 1. The van der Waals surface area contributed by atoms with Crippen LogP contribution >= 0.6 is 15.9 Å². The molecule has 0 radical (unpaired) electrons. The molecule has 0 amide bonds. The van der Waals surface area contributed by atoms with Crippen LogP contribution in [-0.4, -0.2) is 17.0 Å². The lowest BCUT2D eigenvalue weighted by Gasteiger charge is -2.11. The third-order valence-electron chi connectivity index (χ3n) is 3.20. The van der Waals surface area contributed by atoms with E-state index in [0.717, 1.165) is 29.1 Å². The van der Waals surface area contributed by atoms with Crippen molar-refractivity contribution in [1.82, 2.24) is 9.97 Å². The molecule has 0 aliphatic heterocycles. The van der Waals surface area contributed by atoms with Crippen molar-refractivity contribution in [3.8, 4) is 11.4 Å². The Kier molecular flexibility index (Phi) is 3.41. The van der Waals surface area contributed by atoms with Crippen LogP contribution in [0, 0.1) is 11.6 Å². The Hall–Kier alpha value is -1.56. The van der Waals surface area contributed by atoms with Gasteiger partial charge in [0.25, 0.3) is 0 Å². The summed E-state index contributed by atoms with van der Waals surface area (Å²) in [6.45, 7) is 0. The molecule has 0 unspecified atom stereocenters. The highest BCUT2D eigenvalue weighted by Crippen LogP contribution is 2.44. The summed E-state index contributed by atoms with van der Waals surface area (Å²) < 4.78 is 27.5. The number of hydrogen-bond acceptors (Lipinski definition) is 3. The van der Waals surface area contributed by atoms with Crippen molar-refractivity contribution in [2.24, 2.45) is 0 Å². The first-order chi connectivity index (χ1) is 9.58. The highest BCUT2D eigenvalue weighted by molar-refractivity contribution is 9.10. The first-order valence-electron chi connectivity index (χ1n) is 6.30. The molecule has 1 aliphatic carbocycles. The van der Waals surface area contributed by atoms with Crippen molar-refractivity contribution in [3.05, 3.63) is 40.0 Å². The lowest BCUT2D eigenvalue weighted by molar-refractivity contribution is 0.584. The molecular formula is C14H12BrF2N3. The number of nitrogens with one attached hydrogen (secondary N) is 1. The standard InChI is InChI=1S/C14H12BrF2N3/c1-18-14-11(15)12(7-2-3-7)19-13(20-14)8-4-9(16)6-10(17)5-8/h4-7H,2-3H2,1H3,(H,18,19,20). The molecule has 1 aromatic carbocycles. The lowest BCUT2D eigenvalue weighted by Crippen LogP contribution is -2.03. The van der Waals surface area contributed by atoms with E-state index in [1.54, 1.807) is 7.05 Å². The smallest absolute Gasteiger partial charge is 0.162 e. The Bertz CT molecular complexity index is 651. The topological polar surface area (TPSA) is 37.8 Å². The molecule has 1 heterocycles. The van der Waals surface area contributed by atoms with E-state index in [0.29, 0.717) is 23.1 Å². The zero-order valence-electron chi connectivity index (χ0n) is 10.8. The maximum atomic E-state index is 13.3. The van der Waals surface area contributed by atoms with Crippen LogP contribution in [0.15, 0.2) is 22.7 Å². The molecule has 0 spiro atoms. The predicted octanol–water partition coefficient (Wildman–Crippen LogP) is 4.10. The predicted molar refractivity (Wildman–Crippen MR) is 76.6 cm³/mol. The highest BCUT2D eigenvalue weighted by atomic mass is 79.9. The molecule has 1 aliphatic rings. The van der Waals surface area contributed by atoms with E-state index in [2.05, 4.69) is 31.2 Å². The van der Waals surface area contributed by atoms with E-state index in [-0.39, 0.29) is 0 Å². The fourth-order valence-electron chi connectivity index (χ4n) is 2.07. The minimum atomic E-state index is -0.634. The van der Waals surface area contributed by atoms with Crippen LogP contribution in [0.1, 0.15) is 24.5 Å². The summed E-state index contributed by atoms with van der Waals surface area (Å²) >= 11 is 3.48. The van der Waals surface area contributed by atoms with Gasteiger partial charge in [-0.25, -0.2) is 18.7 Å². The van der Waals surface area contributed by atoms with Crippen LogP contribution in [0.25, 0.3) is 11.4 Å². The highest BCUT2D eigenvalue weighted by Gasteiger charge is 2.29. The lowest BCUT2D eigenvalue weighted by atomic mass is 10.2. The first kappa shape index (κ1) is 13.4. The van der Waals surface area contributed by atoms with Crippen molar-refractivity contribution in [3.63, 3.8) is 0 Å². The second-order valence-corrected chi connectivity index (χ2v) is 5.57. The van der Waals surface area contributed by atoms with E-state index < -0.39 is 11.6 Å². The maximum Gasteiger partial charge on any atom is 0.162 e. The second kappa shape index (κ2) is 5.09. The summed E-state index contributed by atoms with van der Waals surface area (Å²) in [5, 5.41) is 2.97. The number of nitrogens with zero attached hydrogens (tertiary/aromatic N) is 2. The van der Waals surface area contributed by atoms with Gasteiger partial charge >= 0.3 is 0 Å². The number of benzene rings is 1. The van der Waals surface area contributed by atoms with Gasteiger partial charge in [0, 0.05) is 24.6 Å². The van der Waals surface area contributed by atoms with Crippen molar-refractivity contribution >= 4 is 21.7 Å². The molecule has 3 nitrogen and oxygen atoms in total. The van der Waals surface area contributed by atoms with Crippen LogP contribution in [-0.2, 0) is 0 Å². The second-order valence-electron chi connectivity index (χ2n) is 4.78. The molecule has 104 valence electrons. The van der Waals surface area contributed by atoms with Gasteiger partial charge < -0.3 is 5.32 Å². The Labute approximate surface area is 123 Å². The summed E-state index contributed by atoms with van der Waals surface area (Å²) in [6.07, 6.45) is 2.16. The average molecular weight is 340 g/mol. The molecule has 0 atom stereocenters. The van der Waals surface area contributed by atoms with Gasteiger partial charge in [0.15, 0.2) is 5.82 Å². The molecule has 1 N–H and O–H groups in total. The molecule has 6 heteroatoms. The summed E-state index contributed by atoms with van der Waals surface area (Å²) in [5.41, 5.74) is 1.23. The summed E-state index contributed by atoms with van der Waals surface area (Å²) in [7, 11) is 1.75. The van der Waals surface area contributed by atoms with Crippen molar-refractivity contribution in [2.45, 2.75) is 18.8 Å². The Morgan fingerprint density at radius 3 is 2.35 bits per heavy atom. The van der Waals surface area contributed by atoms with Crippen molar-refractivity contribution < 1.29 is 8.78 Å². The third-order valence-corrected chi connectivity index (χ3v) is 3.98. The number of halogens is 3. The molecule has 20 heavy (non-hydrogen) atoms. The number of hydrogen-bond donors (Lipinski definition) is 1. The van der Waals surface area contributed by atoms with E-state index in [1.807, 2.05) is 0 Å². The Morgan fingerprint density at radius 1 is 1.15 bits per heavy atom. The summed E-state index contributed by atoms with van der Waals surface area (Å²) in [5.74, 6) is 0.0899. The molecule has 3 rings (SSSR count). The quantitative estimate of drug-likeness (QED) is 0.914. The first-order valence-corrected chi connectivity index (χ1v) is 7.09. The van der Waals surface area contributed by atoms with Gasteiger partial charge in [0.05, 0.1) is 10.2 Å². The number of rotatable bonds is 3.